The molecule has 2 N–H and O–H groups in total. The van der Waals surface area contributed by atoms with E-state index in [4.69, 9.17) is 14.7 Å². The second kappa shape index (κ2) is 8.61. The number of hydrogen-bond donors (Lipinski definition) is 2. The van der Waals surface area contributed by atoms with Crippen LogP contribution in [0.5, 0.6) is 11.8 Å². The zero-order chi connectivity index (χ0) is 24.2. The van der Waals surface area contributed by atoms with E-state index in [1.807, 2.05) is 30.3 Å². The number of aromatic hydroxyl groups is 1. The van der Waals surface area contributed by atoms with Crippen molar-refractivity contribution in [1.29, 1.82) is 0 Å². The normalized spacial score (nSPS) is 23.8. The number of anilines is 1. The number of nitrogens with zero attached hydrogens (tertiary/aromatic N) is 4. The second-order valence-electron chi connectivity index (χ2n) is 10.6. The van der Waals surface area contributed by atoms with Gasteiger partial charge in [0.15, 0.2) is 0 Å². The zero-order valence-corrected chi connectivity index (χ0v) is 20.5. The van der Waals surface area contributed by atoms with Gasteiger partial charge in [-0.15, -0.1) is 0 Å². The van der Waals surface area contributed by atoms with Crippen LogP contribution in [0.15, 0.2) is 54.6 Å². The molecule has 4 aromatic rings. The van der Waals surface area contributed by atoms with Crippen LogP contribution < -0.4 is 15.0 Å². The fraction of sp³-hybridized carbons (Fsp3) is 0.379. The molecule has 0 radical (unpaired) electrons. The highest BCUT2D eigenvalue weighted by Gasteiger charge is 2.34. The van der Waals surface area contributed by atoms with E-state index in [9.17, 15) is 5.11 Å². The Morgan fingerprint density at radius 3 is 2.58 bits per heavy atom. The highest BCUT2D eigenvalue weighted by molar-refractivity contribution is 6.00. The second-order valence-corrected chi connectivity index (χ2v) is 10.6. The molecule has 7 nitrogen and oxygen atoms in total. The minimum Gasteiger partial charge on any atom is -0.508 e. The SMILES string of the molecule is CN1CCC1COc1nc(N2C[C@H]3CC[C@@H](C2)N3)c2ccc(-c3cc(O)cc4ccccc34)cc2n1. The molecule has 0 amide bonds. The molecule has 3 saturated heterocycles. The summed E-state index contributed by atoms with van der Waals surface area (Å²) in [7, 11) is 2.13. The summed E-state index contributed by atoms with van der Waals surface area (Å²) in [5.74, 6) is 1.22. The van der Waals surface area contributed by atoms with Crippen LogP contribution in [0, 0.1) is 0 Å². The van der Waals surface area contributed by atoms with Gasteiger partial charge in [-0.2, -0.15) is 9.97 Å². The monoisotopic (exact) mass is 481 g/mol. The summed E-state index contributed by atoms with van der Waals surface area (Å²) in [6, 6.07) is 20.1. The Bertz CT molecular complexity index is 1440. The van der Waals surface area contributed by atoms with Crippen LogP contribution in [0.1, 0.15) is 19.3 Å². The van der Waals surface area contributed by atoms with Crippen molar-refractivity contribution in [2.45, 2.75) is 37.4 Å². The first-order chi connectivity index (χ1) is 17.6. The smallest absolute Gasteiger partial charge is 0.319 e. The molecule has 7 heteroatoms. The van der Waals surface area contributed by atoms with Crippen LogP contribution in [0.2, 0.25) is 0 Å². The first-order valence-corrected chi connectivity index (χ1v) is 13.0. The lowest BCUT2D eigenvalue weighted by atomic mass is 9.97. The topological polar surface area (TPSA) is 73.8 Å². The number of likely N-dealkylation sites (tertiary alicyclic amines) is 1. The van der Waals surface area contributed by atoms with E-state index in [1.165, 1.54) is 12.8 Å². The van der Waals surface area contributed by atoms with Crippen molar-refractivity contribution in [2.75, 3.05) is 38.2 Å². The maximum atomic E-state index is 10.4. The maximum Gasteiger partial charge on any atom is 0.319 e. The van der Waals surface area contributed by atoms with E-state index < -0.39 is 0 Å². The number of likely N-dealkylation sites (N-methyl/N-ethyl adjacent to an activating group) is 1. The Hall–Kier alpha value is -3.42. The Morgan fingerprint density at radius 2 is 1.81 bits per heavy atom. The molecule has 3 aliphatic heterocycles. The molecule has 184 valence electrons. The van der Waals surface area contributed by atoms with Crippen molar-refractivity contribution < 1.29 is 9.84 Å². The largest absolute Gasteiger partial charge is 0.508 e. The lowest BCUT2D eigenvalue weighted by molar-refractivity contribution is 0.0732. The molecule has 36 heavy (non-hydrogen) atoms. The minimum atomic E-state index is 0.261. The molecule has 4 heterocycles. The highest BCUT2D eigenvalue weighted by atomic mass is 16.5. The number of fused-ring (bicyclic) bond motifs is 4. The maximum absolute atomic E-state index is 10.4. The van der Waals surface area contributed by atoms with Gasteiger partial charge in [0.05, 0.1) is 5.52 Å². The van der Waals surface area contributed by atoms with Crippen LogP contribution >= 0.6 is 0 Å². The first-order valence-electron chi connectivity index (χ1n) is 13.0. The molecule has 3 fully saturated rings. The summed E-state index contributed by atoms with van der Waals surface area (Å²) in [4.78, 5) is 14.5. The number of nitrogens with one attached hydrogen (secondary N) is 1. The number of rotatable bonds is 5. The summed E-state index contributed by atoms with van der Waals surface area (Å²) in [6.07, 6.45) is 3.58. The van der Waals surface area contributed by atoms with Gasteiger partial charge in [0, 0.05) is 36.6 Å². The molecular formula is C29H31N5O2. The van der Waals surface area contributed by atoms with E-state index in [2.05, 4.69) is 46.4 Å². The van der Waals surface area contributed by atoms with Gasteiger partial charge in [0.25, 0.3) is 0 Å². The van der Waals surface area contributed by atoms with Crippen molar-refractivity contribution in [2.24, 2.45) is 0 Å². The average molecular weight is 482 g/mol. The quantitative estimate of drug-likeness (QED) is 0.443. The molecule has 7 rings (SSSR count). The van der Waals surface area contributed by atoms with Gasteiger partial charge in [-0.1, -0.05) is 30.3 Å². The molecule has 3 aromatic carbocycles. The van der Waals surface area contributed by atoms with Gasteiger partial charge in [0.1, 0.15) is 18.2 Å². The molecule has 3 aliphatic rings. The molecular weight excluding hydrogens is 450 g/mol. The Kier molecular flexibility index (Phi) is 5.22. The van der Waals surface area contributed by atoms with E-state index >= 15 is 0 Å². The van der Waals surface area contributed by atoms with Crippen LogP contribution in [0.25, 0.3) is 32.8 Å². The molecule has 0 aliphatic carbocycles. The first kappa shape index (κ1) is 21.8. The standard InChI is InChI=1S/C29H31N5O2/c1-33-11-10-22(33)17-36-29-31-27-13-19(26-14-23(35)12-18-4-2-3-5-24(18)26)6-9-25(27)28(32-29)34-15-20-7-8-21(16-34)30-20/h2-6,9,12-14,20-22,30,35H,7-8,10-11,15-17H2,1H3/t20-,21+,22?. The Morgan fingerprint density at radius 1 is 0.972 bits per heavy atom. The highest BCUT2D eigenvalue weighted by Crippen LogP contribution is 2.37. The van der Waals surface area contributed by atoms with Crippen molar-refractivity contribution in [1.82, 2.24) is 20.2 Å². The molecule has 1 unspecified atom stereocenters. The van der Waals surface area contributed by atoms with Crippen molar-refractivity contribution in [3.8, 4) is 22.9 Å². The number of phenolic OH excluding ortho intramolecular Hbond substituents is 1. The third-order valence-corrected chi connectivity index (χ3v) is 8.17. The zero-order valence-electron chi connectivity index (χ0n) is 20.5. The molecule has 2 bridgehead atoms. The van der Waals surface area contributed by atoms with Gasteiger partial charge < -0.3 is 20.1 Å². The number of hydrogen-bond acceptors (Lipinski definition) is 7. The van der Waals surface area contributed by atoms with Crippen molar-refractivity contribution in [3.05, 3.63) is 54.6 Å². The van der Waals surface area contributed by atoms with Crippen LogP contribution in [-0.2, 0) is 0 Å². The number of benzene rings is 3. The summed E-state index contributed by atoms with van der Waals surface area (Å²) in [5, 5.41) is 17.3. The van der Waals surface area contributed by atoms with Crippen LogP contribution in [0.4, 0.5) is 5.82 Å². The van der Waals surface area contributed by atoms with E-state index in [1.54, 1.807) is 0 Å². The van der Waals surface area contributed by atoms with Crippen LogP contribution in [-0.4, -0.2) is 71.4 Å². The molecule has 3 atom stereocenters. The van der Waals surface area contributed by atoms with E-state index in [-0.39, 0.29) is 5.75 Å². The third kappa shape index (κ3) is 3.83. The van der Waals surface area contributed by atoms with Gasteiger partial charge in [-0.05, 0) is 79.0 Å². The van der Waals surface area contributed by atoms with Gasteiger partial charge in [-0.3, -0.25) is 4.90 Å². The van der Waals surface area contributed by atoms with E-state index in [0.29, 0.717) is 30.7 Å². The van der Waals surface area contributed by atoms with Crippen LogP contribution in [0.3, 0.4) is 0 Å². The number of ether oxygens (including phenoxy) is 1. The average Bonchev–Trinajstić information content (AvgIpc) is 3.23. The summed E-state index contributed by atoms with van der Waals surface area (Å²) >= 11 is 0. The summed E-state index contributed by atoms with van der Waals surface area (Å²) in [6.45, 7) is 3.62. The molecule has 0 saturated carbocycles. The fourth-order valence-corrected chi connectivity index (χ4v) is 6.02. The van der Waals surface area contributed by atoms with Gasteiger partial charge >= 0.3 is 6.01 Å². The summed E-state index contributed by atoms with van der Waals surface area (Å²) in [5.41, 5.74) is 2.88. The van der Waals surface area contributed by atoms with Gasteiger partial charge in [-0.25, -0.2) is 0 Å². The summed E-state index contributed by atoms with van der Waals surface area (Å²) < 4.78 is 6.18. The fourth-order valence-electron chi connectivity index (χ4n) is 6.02. The van der Waals surface area contributed by atoms with Gasteiger partial charge in [0.2, 0.25) is 0 Å². The lowest BCUT2D eigenvalue weighted by Crippen LogP contribution is -2.51. The molecule has 1 aromatic heterocycles. The van der Waals surface area contributed by atoms with Crippen molar-refractivity contribution >= 4 is 27.5 Å². The number of phenols is 1. The Balaban J connectivity index is 1.33. The van der Waals surface area contributed by atoms with Crippen molar-refractivity contribution in [3.63, 3.8) is 0 Å². The Labute approximate surface area is 210 Å². The number of aromatic nitrogens is 2. The van der Waals surface area contributed by atoms with E-state index in [0.717, 1.165) is 64.7 Å². The minimum absolute atomic E-state index is 0.261. The lowest BCUT2D eigenvalue weighted by Gasteiger charge is -2.37. The molecule has 0 spiro atoms. The predicted octanol–water partition coefficient (Wildman–Crippen LogP) is 4.18. The third-order valence-electron chi connectivity index (χ3n) is 8.17. The predicted molar refractivity (Wildman–Crippen MR) is 143 cm³/mol. The number of piperazine rings is 1.